The Kier molecular flexibility index (Phi) is 5.87. The van der Waals surface area contributed by atoms with E-state index >= 15 is 0 Å². The van der Waals surface area contributed by atoms with E-state index in [4.69, 9.17) is 10.1 Å². The molecule has 0 aliphatic carbocycles. The molecule has 0 fully saturated rings. The molecule has 3 rings (SSSR count). The van der Waals surface area contributed by atoms with E-state index < -0.39 is 0 Å². The summed E-state index contributed by atoms with van der Waals surface area (Å²) < 4.78 is 0. The van der Waals surface area contributed by atoms with Gasteiger partial charge < -0.3 is 10.1 Å². The molecule has 2 aromatic heterocycles. The molecule has 2 aromatic rings. The third-order valence-electron chi connectivity index (χ3n) is 2.87. The maximum absolute atomic E-state index is 11.8. The highest BCUT2D eigenvalue weighted by molar-refractivity contribution is 6.08. The van der Waals surface area contributed by atoms with E-state index in [-0.39, 0.29) is 12.3 Å². The minimum Gasteiger partial charge on any atom is -0.662 e. The van der Waals surface area contributed by atoms with Crippen LogP contribution in [-0.2, 0) is 14.5 Å². The van der Waals surface area contributed by atoms with Crippen LogP contribution in [-0.4, -0.2) is 22.2 Å². The molecule has 7 heteroatoms. The van der Waals surface area contributed by atoms with Gasteiger partial charge in [0.15, 0.2) is 17.2 Å². The summed E-state index contributed by atoms with van der Waals surface area (Å²) >= 11 is 0. The molecule has 116 valence electrons. The SMILES string of the molecule is O=C1C=C(c2ccccn2)[NH2+]C(c2ccccn2)=C1.O=CO[O-]. The Morgan fingerprint density at radius 3 is 1.78 bits per heavy atom. The van der Waals surface area contributed by atoms with Crippen molar-refractivity contribution in [2.24, 2.45) is 0 Å². The lowest BCUT2D eigenvalue weighted by molar-refractivity contribution is -0.652. The molecule has 0 amide bonds. The van der Waals surface area contributed by atoms with E-state index in [9.17, 15) is 4.79 Å². The summed E-state index contributed by atoms with van der Waals surface area (Å²) in [6.45, 7) is -0.181. The number of ketones is 1. The van der Waals surface area contributed by atoms with E-state index in [2.05, 4.69) is 14.9 Å². The highest BCUT2D eigenvalue weighted by Gasteiger charge is 2.20. The molecule has 1 aliphatic rings. The van der Waals surface area contributed by atoms with Crippen molar-refractivity contribution in [1.82, 2.24) is 9.97 Å². The van der Waals surface area contributed by atoms with E-state index in [0.717, 1.165) is 22.8 Å². The van der Waals surface area contributed by atoms with Gasteiger partial charge in [-0.3, -0.25) is 24.9 Å². The number of quaternary nitrogens is 1. The van der Waals surface area contributed by atoms with Gasteiger partial charge in [-0.15, -0.1) is 0 Å². The number of hydrogen-bond acceptors (Lipinski definition) is 6. The lowest BCUT2D eigenvalue weighted by Gasteiger charge is -2.10. The fourth-order valence-corrected chi connectivity index (χ4v) is 1.96. The van der Waals surface area contributed by atoms with Crippen LogP contribution in [0.4, 0.5) is 0 Å². The molecule has 0 radical (unpaired) electrons. The summed E-state index contributed by atoms with van der Waals surface area (Å²) in [7, 11) is 0. The summed E-state index contributed by atoms with van der Waals surface area (Å²) in [5.41, 5.74) is 3.21. The van der Waals surface area contributed by atoms with Gasteiger partial charge in [-0.25, -0.2) is 0 Å². The molecular formula is C16H13N3O4. The van der Waals surface area contributed by atoms with Crippen molar-refractivity contribution in [3.8, 4) is 0 Å². The molecular weight excluding hydrogens is 298 g/mol. The summed E-state index contributed by atoms with van der Waals surface area (Å²) in [5.74, 6) is -0.0381. The largest absolute Gasteiger partial charge is 0.662 e. The number of allylic oxidation sites excluding steroid dienone is 2. The van der Waals surface area contributed by atoms with Gasteiger partial charge in [0.2, 0.25) is 0 Å². The molecule has 0 saturated carbocycles. The van der Waals surface area contributed by atoms with Gasteiger partial charge in [-0.1, -0.05) is 12.1 Å². The van der Waals surface area contributed by atoms with E-state index in [1.165, 1.54) is 0 Å². The maximum Gasteiger partial charge on any atom is 0.287 e. The predicted octanol–water partition coefficient (Wildman–Crippen LogP) is -0.561. The van der Waals surface area contributed by atoms with Gasteiger partial charge in [0.1, 0.15) is 11.4 Å². The van der Waals surface area contributed by atoms with Crippen molar-refractivity contribution < 1.29 is 25.1 Å². The first-order valence-corrected chi connectivity index (χ1v) is 6.62. The van der Waals surface area contributed by atoms with Gasteiger partial charge in [0.05, 0.1) is 0 Å². The fraction of sp³-hybridized carbons (Fsp3) is 0. The average molecular weight is 311 g/mol. The molecule has 1 aliphatic heterocycles. The van der Waals surface area contributed by atoms with Crippen molar-refractivity contribution in [3.05, 3.63) is 72.3 Å². The maximum atomic E-state index is 11.8. The van der Waals surface area contributed by atoms with Crippen LogP contribution >= 0.6 is 0 Å². The van der Waals surface area contributed by atoms with E-state index in [1.54, 1.807) is 24.5 Å². The van der Waals surface area contributed by atoms with Crippen LogP contribution in [0.15, 0.2) is 60.9 Å². The Labute approximate surface area is 131 Å². The van der Waals surface area contributed by atoms with E-state index in [1.807, 2.05) is 41.7 Å². The van der Waals surface area contributed by atoms with Crippen molar-refractivity contribution in [2.45, 2.75) is 0 Å². The van der Waals surface area contributed by atoms with Crippen molar-refractivity contribution in [1.29, 1.82) is 0 Å². The Morgan fingerprint density at radius 1 is 0.957 bits per heavy atom. The third kappa shape index (κ3) is 4.67. The zero-order valence-electron chi connectivity index (χ0n) is 12.0. The molecule has 3 heterocycles. The predicted molar refractivity (Wildman–Crippen MR) is 78.5 cm³/mol. The van der Waals surface area contributed by atoms with Gasteiger partial charge in [0.25, 0.3) is 6.47 Å². The Balaban J connectivity index is 0.000000433. The van der Waals surface area contributed by atoms with E-state index in [0.29, 0.717) is 0 Å². The summed E-state index contributed by atoms with van der Waals surface area (Å²) in [6.07, 6.45) is 6.62. The number of carbonyl (C=O) groups is 2. The quantitative estimate of drug-likeness (QED) is 0.462. The molecule has 0 saturated heterocycles. The summed E-state index contributed by atoms with van der Waals surface area (Å²) in [4.78, 5) is 31.6. The number of aromatic nitrogens is 2. The molecule has 0 unspecified atom stereocenters. The highest BCUT2D eigenvalue weighted by Crippen LogP contribution is 2.12. The van der Waals surface area contributed by atoms with Crippen LogP contribution in [0.25, 0.3) is 11.4 Å². The second-order valence-electron chi connectivity index (χ2n) is 4.37. The molecule has 2 N–H and O–H groups in total. The first-order chi connectivity index (χ1) is 11.2. The zero-order valence-corrected chi connectivity index (χ0v) is 12.0. The van der Waals surface area contributed by atoms with Gasteiger partial charge in [0, 0.05) is 24.5 Å². The monoisotopic (exact) mass is 311 g/mol. The van der Waals surface area contributed by atoms with Crippen molar-refractivity contribution in [3.63, 3.8) is 0 Å². The lowest BCUT2D eigenvalue weighted by atomic mass is 10.1. The summed E-state index contributed by atoms with van der Waals surface area (Å²) in [6, 6.07) is 11.3. The highest BCUT2D eigenvalue weighted by atomic mass is 17.1. The first kappa shape index (κ1) is 16.2. The number of rotatable bonds is 3. The summed E-state index contributed by atoms with van der Waals surface area (Å²) in [5, 5.41) is 10.4. The Bertz CT molecular complexity index is 670. The molecule has 7 nitrogen and oxygen atoms in total. The van der Waals surface area contributed by atoms with Crippen LogP contribution in [0.5, 0.6) is 0 Å². The smallest absolute Gasteiger partial charge is 0.287 e. The van der Waals surface area contributed by atoms with Gasteiger partial charge >= 0.3 is 0 Å². The van der Waals surface area contributed by atoms with Crippen molar-refractivity contribution >= 4 is 23.6 Å². The second-order valence-corrected chi connectivity index (χ2v) is 4.37. The topological polar surface area (TPSA) is 109 Å². The number of pyridine rings is 2. The molecule has 0 atom stereocenters. The number of hydrogen-bond donors (Lipinski definition) is 1. The standard InChI is InChI=1S/C15H11N3O.CH2O3/c19-11-9-14(12-5-1-3-7-16-12)18-15(10-11)13-6-2-4-8-17-13;2-1-4-3/h1-10H,(H,18,19);1,3H. The van der Waals surface area contributed by atoms with Crippen LogP contribution in [0, 0.1) is 0 Å². The van der Waals surface area contributed by atoms with Gasteiger partial charge in [-0.2, -0.15) is 0 Å². The van der Waals surface area contributed by atoms with Crippen molar-refractivity contribution in [2.75, 3.05) is 0 Å². The number of nitrogens with zero attached hydrogens (tertiary/aromatic N) is 2. The van der Waals surface area contributed by atoms with Crippen LogP contribution in [0.3, 0.4) is 0 Å². The zero-order chi connectivity index (χ0) is 16.5. The normalized spacial score (nSPS) is 13.2. The number of nitrogens with two attached hydrogens (primary N) is 1. The van der Waals surface area contributed by atoms with Crippen LogP contribution in [0.1, 0.15) is 11.4 Å². The van der Waals surface area contributed by atoms with Crippen LogP contribution in [0.2, 0.25) is 0 Å². The fourth-order valence-electron chi connectivity index (χ4n) is 1.96. The molecule has 23 heavy (non-hydrogen) atoms. The van der Waals surface area contributed by atoms with Gasteiger partial charge in [-0.05, 0) is 24.3 Å². The minimum absolute atomic E-state index is 0.0381. The Hall–Kier alpha value is -3.16. The second kappa shape index (κ2) is 8.32. The average Bonchev–Trinajstić information content (AvgIpc) is 2.63. The number of carbonyl (C=O) groups excluding carboxylic acids is 2. The third-order valence-corrected chi connectivity index (χ3v) is 2.87. The van der Waals surface area contributed by atoms with Crippen LogP contribution < -0.4 is 10.6 Å². The lowest BCUT2D eigenvalue weighted by Crippen LogP contribution is -2.79. The first-order valence-electron chi connectivity index (χ1n) is 6.62. The molecule has 0 aromatic carbocycles. The Morgan fingerprint density at radius 2 is 1.43 bits per heavy atom. The minimum atomic E-state index is -0.181. The molecule has 0 spiro atoms. The molecule has 0 bridgehead atoms.